The minimum Gasteiger partial charge on any atom is -0.489 e. The van der Waals surface area contributed by atoms with Gasteiger partial charge in [-0.1, -0.05) is 47.5 Å². The first kappa shape index (κ1) is 13.9. The lowest BCUT2D eigenvalue weighted by atomic mass is 10.0. The summed E-state index contributed by atoms with van der Waals surface area (Å²) in [7, 11) is 0. The molecule has 0 saturated heterocycles. The van der Waals surface area contributed by atoms with Crippen LogP contribution in [-0.2, 0) is 0 Å². The normalized spacial score (nSPS) is 13.9. The van der Waals surface area contributed by atoms with Crippen LogP contribution < -0.4 is 10.5 Å². The van der Waals surface area contributed by atoms with Crippen LogP contribution in [0.3, 0.4) is 0 Å². The third-order valence-electron chi connectivity index (χ3n) is 3.05. The molecule has 100 valence electrons. The number of hydrogen-bond acceptors (Lipinski definition) is 2. The smallest absolute Gasteiger partial charge is 0.121 e. The summed E-state index contributed by atoms with van der Waals surface area (Å²) in [5, 5.41) is 0.661. The van der Waals surface area contributed by atoms with E-state index >= 15 is 0 Å². The van der Waals surface area contributed by atoms with Gasteiger partial charge in [-0.15, -0.1) is 0 Å². The van der Waals surface area contributed by atoms with Crippen molar-refractivity contribution in [1.29, 1.82) is 0 Å². The average molecular weight is 276 g/mol. The third kappa shape index (κ3) is 3.72. The highest BCUT2D eigenvalue weighted by molar-refractivity contribution is 6.30. The molecule has 2 aromatic carbocycles. The lowest BCUT2D eigenvalue weighted by Gasteiger charge is -2.22. The Labute approximate surface area is 119 Å². The van der Waals surface area contributed by atoms with Gasteiger partial charge >= 0.3 is 0 Å². The Balaban J connectivity index is 2.09. The van der Waals surface area contributed by atoms with Crippen molar-refractivity contribution in [3.8, 4) is 5.75 Å². The number of ether oxygens (including phenoxy) is 1. The van der Waals surface area contributed by atoms with E-state index in [0.717, 1.165) is 11.3 Å². The zero-order chi connectivity index (χ0) is 13.8. The molecule has 0 saturated carbocycles. The fraction of sp³-hybridized carbons (Fsp3) is 0.250. The Kier molecular flexibility index (Phi) is 4.46. The molecule has 0 spiro atoms. The molecular formula is C16H18ClNO. The van der Waals surface area contributed by atoms with Crippen LogP contribution in [0.2, 0.25) is 5.02 Å². The summed E-state index contributed by atoms with van der Waals surface area (Å²) in [6.07, 6.45) is -0.125. The zero-order valence-electron chi connectivity index (χ0n) is 11.1. The van der Waals surface area contributed by atoms with Gasteiger partial charge < -0.3 is 10.5 Å². The number of rotatable bonds is 4. The Morgan fingerprint density at radius 1 is 1.11 bits per heavy atom. The molecule has 2 atom stereocenters. The van der Waals surface area contributed by atoms with Crippen LogP contribution in [0.5, 0.6) is 5.75 Å². The van der Waals surface area contributed by atoms with Crippen molar-refractivity contribution in [3.63, 3.8) is 0 Å². The van der Waals surface area contributed by atoms with Gasteiger partial charge in [0.25, 0.3) is 0 Å². The largest absolute Gasteiger partial charge is 0.489 e. The van der Waals surface area contributed by atoms with Crippen molar-refractivity contribution in [3.05, 3.63) is 64.7 Å². The second-order valence-corrected chi connectivity index (χ2v) is 5.16. The molecule has 0 aliphatic rings. The summed E-state index contributed by atoms with van der Waals surface area (Å²) in [5.74, 6) is 0.739. The first-order valence-electron chi connectivity index (χ1n) is 6.30. The van der Waals surface area contributed by atoms with E-state index in [-0.39, 0.29) is 12.1 Å². The van der Waals surface area contributed by atoms with E-state index < -0.39 is 0 Å². The molecule has 2 unspecified atom stereocenters. The molecule has 2 aromatic rings. The quantitative estimate of drug-likeness (QED) is 0.911. The summed E-state index contributed by atoms with van der Waals surface area (Å²) in [6.45, 7) is 4.02. The maximum absolute atomic E-state index is 6.24. The highest BCUT2D eigenvalue weighted by atomic mass is 35.5. The number of halogens is 1. The molecule has 0 heterocycles. The van der Waals surface area contributed by atoms with E-state index in [9.17, 15) is 0 Å². The summed E-state index contributed by atoms with van der Waals surface area (Å²) < 4.78 is 5.84. The zero-order valence-corrected chi connectivity index (χ0v) is 11.9. The third-order valence-corrected chi connectivity index (χ3v) is 3.29. The predicted octanol–water partition coefficient (Wildman–Crippen LogP) is 4.12. The Bertz CT molecular complexity index is 556. The van der Waals surface area contributed by atoms with E-state index in [1.54, 1.807) is 6.07 Å². The number of aryl methyl sites for hydroxylation is 1. The van der Waals surface area contributed by atoms with E-state index in [1.807, 2.05) is 37.3 Å². The van der Waals surface area contributed by atoms with Crippen LogP contribution in [0.25, 0.3) is 0 Å². The maximum atomic E-state index is 6.24. The van der Waals surface area contributed by atoms with Crippen LogP contribution >= 0.6 is 11.6 Å². The minimum absolute atomic E-state index is 0.125. The van der Waals surface area contributed by atoms with Crippen LogP contribution in [0.15, 0.2) is 48.5 Å². The lowest BCUT2D eigenvalue weighted by molar-refractivity contribution is 0.190. The van der Waals surface area contributed by atoms with Gasteiger partial charge in [-0.3, -0.25) is 0 Å². The molecule has 19 heavy (non-hydrogen) atoms. The second-order valence-electron chi connectivity index (χ2n) is 4.72. The van der Waals surface area contributed by atoms with E-state index in [2.05, 4.69) is 19.1 Å². The van der Waals surface area contributed by atoms with Gasteiger partial charge in [0.15, 0.2) is 0 Å². The van der Waals surface area contributed by atoms with Crippen LogP contribution in [0, 0.1) is 6.92 Å². The summed E-state index contributed by atoms with van der Waals surface area (Å²) in [4.78, 5) is 0. The van der Waals surface area contributed by atoms with E-state index in [1.165, 1.54) is 5.56 Å². The van der Waals surface area contributed by atoms with Crippen LogP contribution in [-0.4, -0.2) is 6.10 Å². The molecule has 0 fully saturated rings. The standard InChI is InChI=1S/C16H18ClNO/c1-11-5-3-6-13(9-11)16(18)12(2)19-15-8-4-7-14(17)10-15/h3-10,12,16H,18H2,1-2H3. The Morgan fingerprint density at radius 2 is 1.84 bits per heavy atom. The van der Waals surface area contributed by atoms with E-state index in [4.69, 9.17) is 22.1 Å². The van der Waals surface area contributed by atoms with Gasteiger partial charge in [-0.05, 0) is 37.6 Å². The maximum Gasteiger partial charge on any atom is 0.121 e. The molecule has 2 rings (SSSR count). The summed E-state index contributed by atoms with van der Waals surface area (Å²) in [5.41, 5.74) is 8.51. The molecule has 0 aliphatic carbocycles. The van der Waals surface area contributed by atoms with Crippen molar-refractivity contribution in [2.24, 2.45) is 5.73 Å². The monoisotopic (exact) mass is 275 g/mol. The van der Waals surface area contributed by atoms with Crippen LogP contribution in [0.4, 0.5) is 0 Å². The fourth-order valence-electron chi connectivity index (χ4n) is 1.98. The predicted molar refractivity (Wildman–Crippen MR) is 79.6 cm³/mol. The topological polar surface area (TPSA) is 35.2 Å². The van der Waals surface area contributed by atoms with Gasteiger partial charge in [-0.25, -0.2) is 0 Å². The molecule has 0 aromatic heterocycles. The minimum atomic E-state index is -0.168. The number of hydrogen-bond donors (Lipinski definition) is 1. The van der Waals surface area contributed by atoms with Crippen molar-refractivity contribution < 1.29 is 4.74 Å². The number of benzene rings is 2. The van der Waals surface area contributed by atoms with Crippen molar-refractivity contribution in [1.82, 2.24) is 0 Å². The van der Waals surface area contributed by atoms with Crippen molar-refractivity contribution in [2.45, 2.75) is 26.0 Å². The fourth-order valence-corrected chi connectivity index (χ4v) is 2.16. The molecule has 2 nitrogen and oxygen atoms in total. The summed E-state index contributed by atoms with van der Waals surface area (Å²) in [6, 6.07) is 15.4. The molecule has 0 amide bonds. The van der Waals surface area contributed by atoms with Crippen molar-refractivity contribution >= 4 is 11.6 Å². The lowest BCUT2D eigenvalue weighted by Crippen LogP contribution is -2.28. The average Bonchev–Trinajstić information content (AvgIpc) is 2.38. The first-order chi connectivity index (χ1) is 9.06. The molecule has 3 heteroatoms. The van der Waals surface area contributed by atoms with Gasteiger partial charge in [0, 0.05) is 5.02 Å². The molecule has 2 N–H and O–H groups in total. The second kappa shape index (κ2) is 6.09. The highest BCUT2D eigenvalue weighted by Crippen LogP contribution is 2.23. The first-order valence-corrected chi connectivity index (χ1v) is 6.68. The SMILES string of the molecule is Cc1cccc(C(N)C(C)Oc2cccc(Cl)c2)c1. The van der Waals surface area contributed by atoms with Crippen molar-refractivity contribution in [2.75, 3.05) is 0 Å². The molecule has 0 aliphatic heterocycles. The van der Waals surface area contributed by atoms with Gasteiger partial charge in [0.1, 0.15) is 11.9 Å². The van der Waals surface area contributed by atoms with Gasteiger partial charge in [-0.2, -0.15) is 0 Å². The Hall–Kier alpha value is -1.51. The molecule has 0 bridgehead atoms. The van der Waals surface area contributed by atoms with Crippen LogP contribution in [0.1, 0.15) is 24.1 Å². The highest BCUT2D eigenvalue weighted by Gasteiger charge is 2.16. The summed E-state index contributed by atoms with van der Waals surface area (Å²) >= 11 is 5.93. The number of nitrogens with two attached hydrogens (primary N) is 1. The Morgan fingerprint density at radius 3 is 2.53 bits per heavy atom. The van der Waals surface area contributed by atoms with Gasteiger partial charge in [0.2, 0.25) is 0 Å². The molecule has 0 radical (unpaired) electrons. The molecular weight excluding hydrogens is 258 g/mol. The van der Waals surface area contributed by atoms with E-state index in [0.29, 0.717) is 5.02 Å². The van der Waals surface area contributed by atoms with Gasteiger partial charge in [0.05, 0.1) is 6.04 Å².